The maximum absolute atomic E-state index is 9.60. The van der Waals surface area contributed by atoms with Gasteiger partial charge in [-0.05, 0) is 20.8 Å². The summed E-state index contributed by atoms with van der Waals surface area (Å²) < 4.78 is 4.55. The highest BCUT2D eigenvalue weighted by Gasteiger charge is 2.07. The summed E-state index contributed by atoms with van der Waals surface area (Å²) >= 11 is 0. The van der Waals surface area contributed by atoms with Crippen LogP contribution in [0.5, 0.6) is 0 Å². The van der Waals surface area contributed by atoms with Gasteiger partial charge in [-0.2, -0.15) is 0 Å². The highest BCUT2D eigenvalue weighted by molar-refractivity contribution is 5.85. The maximum Gasteiger partial charge on any atom is 0.293 e. The van der Waals surface area contributed by atoms with Gasteiger partial charge in [0.2, 0.25) is 0 Å². The molecule has 0 radical (unpaired) electrons. The van der Waals surface area contributed by atoms with Crippen molar-refractivity contribution in [2.24, 2.45) is 0 Å². The van der Waals surface area contributed by atoms with Gasteiger partial charge in [-0.3, -0.25) is 4.79 Å². The second-order valence-corrected chi connectivity index (χ2v) is 5.15. The van der Waals surface area contributed by atoms with Crippen LogP contribution in [0.15, 0.2) is 0 Å². The van der Waals surface area contributed by atoms with Gasteiger partial charge in [0, 0.05) is 0 Å². The number of rotatable bonds is 1. The zero-order valence-electron chi connectivity index (χ0n) is 11.4. The van der Waals surface area contributed by atoms with Gasteiger partial charge in [0.15, 0.2) is 0 Å². The van der Waals surface area contributed by atoms with Crippen LogP contribution in [0, 0.1) is 0 Å². The van der Waals surface area contributed by atoms with E-state index in [9.17, 15) is 4.79 Å². The Morgan fingerprint density at radius 3 is 1.06 bits per heavy atom. The summed E-state index contributed by atoms with van der Waals surface area (Å²) in [6, 6.07) is 0. The molecule has 1 fully saturated rings. The van der Waals surface area contributed by atoms with Crippen LogP contribution in [-0.4, -0.2) is 12.1 Å². The van der Waals surface area contributed by atoms with Crippen molar-refractivity contribution in [2.45, 2.75) is 77.7 Å². The predicted octanol–water partition coefficient (Wildman–Crippen LogP) is 4.92. The Balaban J connectivity index is -0.000000208. The molecule has 1 aliphatic carbocycles. The predicted molar refractivity (Wildman–Crippen MR) is 78.3 cm³/mol. The Labute approximate surface area is 119 Å². The molecular weight excluding hydrogens is 259 g/mol. The lowest BCUT2D eigenvalue weighted by atomic mass is 10.0. The Bertz CT molecular complexity index is 132. The van der Waals surface area contributed by atoms with Crippen molar-refractivity contribution in [3.8, 4) is 0 Å². The fraction of sp³-hybridized carbons (Fsp3) is 0.923. The van der Waals surface area contributed by atoms with Crippen molar-refractivity contribution in [3.63, 3.8) is 0 Å². The van der Waals surface area contributed by atoms with Crippen LogP contribution >= 0.6 is 24.8 Å². The molecule has 0 aromatic carbocycles. The molecule has 1 rings (SSSR count). The van der Waals surface area contributed by atoms with Crippen LogP contribution < -0.4 is 0 Å². The summed E-state index contributed by atoms with van der Waals surface area (Å²) in [7, 11) is 0. The third-order valence-electron chi connectivity index (χ3n) is 2.40. The van der Waals surface area contributed by atoms with Gasteiger partial charge in [0.05, 0.1) is 0 Å². The van der Waals surface area contributed by atoms with E-state index in [1.54, 1.807) is 0 Å². The molecule has 0 aromatic rings. The average molecular weight is 287 g/mol. The standard InChI is InChI=1S/C8H16.C5H10O2.2ClH/c1-2-4-6-8-7-5-3-1;1-5(2,3)7-4-6;;/h1-8H2;4H,1-3H3;2*1H. The topological polar surface area (TPSA) is 26.3 Å². The molecule has 0 heterocycles. The highest BCUT2D eigenvalue weighted by atomic mass is 35.5. The summed E-state index contributed by atoms with van der Waals surface area (Å²) in [5.74, 6) is 0. The maximum atomic E-state index is 9.60. The Morgan fingerprint density at radius 1 is 0.765 bits per heavy atom. The minimum absolute atomic E-state index is 0. The van der Waals surface area contributed by atoms with Gasteiger partial charge in [0.25, 0.3) is 6.47 Å². The molecule has 1 aliphatic rings. The van der Waals surface area contributed by atoms with Crippen molar-refractivity contribution in [1.82, 2.24) is 0 Å². The summed E-state index contributed by atoms with van der Waals surface area (Å²) in [5, 5.41) is 0. The van der Waals surface area contributed by atoms with Crippen LogP contribution in [0.1, 0.15) is 72.1 Å². The average Bonchev–Trinajstić information content (AvgIpc) is 2.00. The number of carbonyl (C=O) groups is 1. The van der Waals surface area contributed by atoms with Crippen molar-refractivity contribution in [2.75, 3.05) is 0 Å². The second kappa shape index (κ2) is 14.1. The van der Waals surface area contributed by atoms with E-state index in [4.69, 9.17) is 0 Å². The fourth-order valence-corrected chi connectivity index (χ4v) is 1.56. The molecule has 1 saturated carbocycles. The van der Waals surface area contributed by atoms with E-state index in [0.717, 1.165) is 0 Å². The van der Waals surface area contributed by atoms with Gasteiger partial charge < -0.3 is 4.74 Å². The molecule has 0 bridgehead atoms. The second-order valence-electron chi connectivity index (χ2n) is 5.15. The monoisotopic (exact) mass is 286 g/mol. The normalized spacial score (nSPS) is 15.7. The number of hydrogen-bond donors (Lipinski definition) is 0. The fourth-order valence-electron chi connectivity index (χ4n) is 1.56. The molecule has 4 heteroatoms. The third kappa shape index (κ3) is 21.8. The lowest BCUT2D eigenvalue weighted by Crippen LogP contribution is -2.17. The van der Waals surface area contributed by atoms with E-state index in [1.165, 1.54) is 51.4 Å². The number of ether oxygens (including phenoxy) is 1. The van der Waals surface area contributed by atoms with Crippen LogP contribution in [0.25, 0.3) is 0 Å². The van der Waals surface area contributed by atoms with E-state index in [-0.39, 0.29) is 30.4 Å². The van der Waals surface area contributed by atoms with Gasteiger partial charge in [-0.25, -0.2) is 0 Å². The van der Waals surface area contributed by atoms with E-state index >= 15 is 0 Å². The van der Waals surface area contributed by atoms with Gasteiger partial charge >= 0.3 is 0 Å². The van der Waals surface area contributed by atoms with Crippen molar-refractivity contribution < 1.29 is 9.53 Å². The molecule has 0 atom stereocenters. The van der Waals surface area contributed by atoms with Crippen molar-refractivity contribution in [3.05, 3.63) is 0 Å². The minimum Gasteiger partial charge on any atom is -0.462 e. The third-order valence-corrected chi connectivity index (χ3v) is 2.40. The molecule has 0 aromatic heterocycles. The van der Waals surface area contributed by atoms with Crippen molar-refractivity contribution >= 4 is 31.3 Å². The number of halogens is 2. The quantitative estimate of drug-likeness (QED) is 0.640. The lowest BCUT2D eigenvalue weighted by Gasteiger charge is -2.14. The van der Waals surface area contributed by atoms with E-state index in [2.05, 4.69) is 4.74 Å². The number of carbonyl (C=O) groups excluding carboxylic acids is 1. The van der Waals surface area contributed by atoms with Gasteiger partial charge in [-0.15, -0.1) is 24.8 Å². The van der Waals surface area contributed by atoms with E-state index in [0.29, 0.717) is 6.47 Å². The number of hydrogen-bond acceptors (Lipinski definition) is 2. The largest absolute Gasteiger partial charge is 0.462 e. The molecule has 2 nitrogen and oxygen atoms in total. The SMILES string of the molecule is C1CCCCCCC1.CC(C)(C)OC=O.Cl.Cl. The van der Waals surface area contributed by atoms with Crippen LogP contribution in [0.4, 0.5) is 0 Å². The Kier molecular flexibility index (Phi) is 18.5. The van der Waals surface area contributed by atoms with E-state index < -0.39 is 0 Å². The summed E-state index contributed by atoms with van der Waals surface area (Å²) in [6.45, 7) is 5.92. The summed E-state index contributed by atoms with van der Waals surface area (Å²) in [4.78, 5) is 9.60. The molecule has 0 unspecified atom stereocenters. The molecule has 0 aliphatic heterocycles. The molecule has 0 amide bonds. The van der Waals surface area contributed by atoms with E-state index in [1.807, 2.05) is 20.8 Å². The van der Waals surface area contributed by atoms with Crippen LogP contribution in [0.2, 0.25) is 0 Å². The zero-order chi connectivity index (χ0) is 11.6. The highest BCUT2D eigenvalue weighted by Crippen LogP contribution is 2.15. The van der Waals surface area contributed by atoms with Crippen LogP contribution in [-0.2, 0) is 9.53 Å². The molecule has 0 saturated heterocycles. The summed E-state index contributed by atoms with van der Waals surface area (Å²) in [5.41, 5.74) is -0.318. The first kappa shape index (κ1) is 22.2. The molecule has 0 N–H and O–H groups in total. The smallest absolute Gasteiger partial charge is 0.293 e. The molecule has 0 spiro atoms. The van der Waals surface area contributed by atoms with Crippen LogP contribution in [0.3, 0.4) is 0 Å². The zero-order valence-corrected chi connectivity index (χ0v) is 13.0. The Hall–Kier alpha value is 0.0500. The first-order valence-electron chi connectivity index (χ1n) is 6.18. The van der Waals surface area contributed by atoms with Gasteiger partial charge in [-0.1, -0.05) is 51.4 Å². The first-order chi connectivity index (χ1) is 7.06. The molecule has 17 heavy (non-hydrogen) atoms. The minimum atomic E-state index is -0.318. The summed E-state index contributed by atoms with van der Waals surface area (Å²) in [6.07, 6.45) is 12.0. The van der Waals surface area contributed by atoms with Crippen molar-refractivity contribution in [1.29, 1.82) is 0 Å². The molecule has 106 valence electrons. The first-order valence-corrected chi connectivity index (χ1v) is 6.18. The Morgan fingerprint density at radius 2 is 1.00 bits per heavy atom. The molecular formula is C13H28Cl2O2. The lowest BCUT2D eigenvalue weighted by molar-refractivity contribution is -0.138. The van der Waals surface area contributed by atoms with Gasteiger partial charge in [0.1, 0.15) is 5.60 Å².